The third-order valence-corrected chi connectivity index (χ3v) is 5.54. The number of rotatable bonds is 6. The van der Waals surface area contributed by atoms with Gasteiger partial charge in [-0.25, -0.2) is 0 Å². The predicted octanol–water partition coefficient (Wildman–Crippen LogP) is 4.83. The lowest BCUT2D eigenvalue weighted by atomic mass is 10.2. The third-order valence-electron chi connectivity index (χ3n) is 4.68. The zero-order valence-corrected chi connectivity index (χ0v) is 17.3. The number of nitrogens with zero attached hydrogens (tertiary/aromatic N) is 1. The minimum atomic E-state index is -0.633. The van der Waals surface area contributed by atoms with Crippen LogP contribution in [0.15, 0.2) is 60.0 Å². The van der Waals surface area contributed by atoms with Crippen molar-refractivity contribution in [2.45, 2.75) is 26.5 Å². The zero-order valence-electron chi connectivity index (χ0n) is 16.5. The highest BCUT2D eigenvalue weighted by Gasteiger charge is 2.26. The lowest BCUT2D eigenvalue weighted by molar-refractivity contribution is -0.124. The van der Waals surface area contributed by atoms with Gasteiger partial charge in [0.1, 0.15) is 19.0 Å². The quantitative estimate of drug-likeness (QED) is 0.585. The molecule has 3 aromatic rings. The first kappa shape index (κ1) is 19.3. The van der Waals surface area contributed by atoms with Gasteiger partial charge < -0.3 is 19.1 Å². The predicted molar refractivity (Wildman–Crippen MR) is 114 cm³/mol. The first-order valence-electron chi connectivity index (χ1n) is 9.57. The Morgan fingerprint density at radius 2 is 1.86 bits per heavy atom. The van der Waals surface area contributed by atoms with Crippen LogP contribution in [0, 0.1) is 6.92 Å². The lowest BCUT2D eigenvalue weighted by Crippen LogP contribution is -2.40. The van der Waals surface area contributed by atoms with Crippen LogP contribution in [0.2, 0.25) is 0 Å². The Hall–Kier alpha value is -2.99. The molecule has 0 N–H and O–H groups in total. The Balaban J connectivity index is 1.59. The largest absolute Gasteiger partial charge is 0.486 e. The summed E-state index contributed by atoms with van der Waals surface area (Å²) in [6.07, 6.45) is -0.633. The van der Waals surface area contributed by atoms with Gasteiger partial charge in [0, 0.05) is 16.6 Å². The van der Waals surface area contributed by atoms with Crippen LogP contribution in [0.25, 0.3) is 0 Å². The molecule has 0 aliphatic carbocycles. The number of carbonyl (C=O) groups excluding carboxylic acids is 1. The lowest BCUT2D eigenvalue weighted by Gasteiger charge is -2.27. The molecule has 1 amide bonds. The number of thiophene rings is 1. The molecule has 5 nitrogen and oxygen atoms in total. The van der Waals surface area contributed by atoms with Crippen molar-refractivity contribution in [1.29, 1.82) is 0 Å². The Morgan fingerprint density at radius 3 is 2.59 bits per heavy atom. The van der Waals surface area contributed by atoms with Gasteiger partial charge in [0.05, 0.1) is 6.54 Å². The molecular formula is C23H23NO4S. The van der Waals surface area contributed by atoms with Crippen LogP contribution in [0.3, 0.4) is 0 Å². The fourth-order valence-electron chi connectivity index (χ4n) is 3.15. The molecule has 0 radical (unpaired) electrons. The first-order valence-corrected chi connectivity index (χ1v) is 10.4. The maximum absolute atomic E-state index is 13.3. The molecule has 0 spiro atoms. The molecule has 2 heterocycles. The maximum atomic E-state index is 13.3. The summed E-state index contributed by atoms with van der Waals surface area (Å²) in [5, 5.41) is 2.01. The second kappa shape index (κ2) is 8.57. The average molecular weight is 410 g/mol. The van der Waals surface area contributed by atoms with Crippen LogP contribution in [0.4, 0.5) is 5.69 Å². The topological polar surface area (TPSA) is 48.0 Å². The monoisotopic (exact) mass is 409 g/mol. The minimum absolute atomic E-state index is 0.115. The number of aryl methyl sites for hydroxylation is 1. The van der Waals surface area contributed by atoms with E-state index in [-0.39, 0.29) is 5.91 Å². The van der Waals surface area contributed by atoms with Gasteiger partial charge in [0.25, 0.3) is 5.91 Å². The van der Waals surface area contributed by atoms with Crippen LogP contribution in [-0.2, 0) is 11.3 Å². The van der Waals surface area contributed by atoms with Crippen molar-refractivity contribution in [1.82, 2.24) is 0 Å². The number of amides is 1. The molecule has 150 valence electrons. The second-order valence-corrected chi connectivity index (χ2v) is 7.94. The Morgan fingerprint density at radius 1 is 1.10 bits per heavy atom. The van der Waals surface area contributed by atoms with Gasteiger partial charge >= 0.3 is 0 Å². The molecule has 1 aliphatic heterocycles. The highest BCUT2D eigenvalue weighted by molar-refractivity contribution is 7.09. The highest BCUT2D eigenvalue weighted by atomic mass is 32.1. The van der Waals surface area contributed by atoms with Crippen molar-refractivity contribution in [3.05, 3.63) is 70.4 Å². The number of carbonyl (C=O) groups is 1. The van der Waals surface area contributed by atoms with Crippen LogP contribution in [0.1, 0.15) is 17.4 Å². The standard InChI is InChI=1S/C23H23NO4S/c1-16-5-8-19(9-6-16)28-17(2)23(25)24(15-20-4-3-13-29-20)18-7-10-21-22(14-18)27-12-11-26-21/h3-10,13-14,17H,11-12,15H2,1-2H3. The van der Waals surface area contributed by atoms with Crippen molar-refractivity contribution < 1.29 is 19.0 Å². The molecule has 2 aromatic carbocycles. The number of anilines is 1. The van der Waals surface area contributed by atoms with E-state index in [1.54, 1.807) is 23.2 Å². The SMILES string of the molecule is Cc1ccc(OC(C)C(=O)N(Cc2cccs2)c2ccc3c(c2)OCCO3)cc1. The molecule has 0 fully saturated rings. The van der Waals surface area contributed by atoms with Gasteiger partial charge in [0.2, 0.25) is 0 Å². The Labute approximate surface area is 174 Å². The van der Waals surface area contributed by atoms with E-state index in [0.717, 1.165) is 16.1 Å². The molecular weight excluding hydrogens is 386 g/mol. The first-order chi connectivity index (χ1) is 14.1. The van der Waals surface area contributed by atoms with E-state index < -0.39 is 6.10 Å². The van der Waals surface area contributed by atoms with Crippen molar-refractivity contribution in [2.75, 3.05) is 18.1 Å². The zero-order chi connectivity index (χ0) is 20.2. The fraction of sp³-hybridized carbons (Fsp3) is 0.261. The molecule has 1 aliphatic rings. The summed E-state index contributed by atoms with van der Waals surface area (Å²) >= 11 is 1.62. The number of ether oxygens (including phenoxy) is 3. The van der Waals surface area contributed by atoms with E-state index >= 15 is 0 Å². The molecule has 0 saturated carbocycles. The summed E-state index contributed by atoms with van der Waals surface area (Å²) in [6, 6.07) is 17.3. The van der Waals surface area contributed by atoms with Crippen LogP contribution >= 0.6 is 11.3 Å². The van der Waals surface area contributed by atoms with E-state index in [2.05, 4.69) is 0 Å². The van der Waals surface area contributed by atoms with Gasteiger partial charge in [-0.05, 0) is 49.6 Å². The number of fused-ring (bicyclic) bond motifs is 1. The molecule has 6 heteroatoms. The number of benzene rings is 2. The highest BCUT2D eigenvalue weighted by Crippen LogP contribution is 2.35. The third kappa shape index (κ3) is 4.54. The minimum Gasteiger partial charge on any atom is -0.486 e. The summed E-state index contributed by atoms with van der Waals surface area (Å²) < 4.78 is 17.2. The normalized spacial score (nSPS) is 13.6. The van der Waals surface area contributed by atoms with Crippen LogP contribution < -0.4 is 19.1 Å². The summed E-state index contributed by atoms with van der Waals surface area (Å²) in [6.45, 7) is 5.30. The molecule has 29 heavy (non-hydrogen) atoms. The number of hydrogen-bond donors (Lipinski definition) is 0. The van der Waals surface area contributed by atoms with Gasteiger partial charge in [0.15, 0.2) is 17.6 Å². The van der Waals surface area contributed by atoms with E-state index in [9.17, 15) is 4.79 Å². The smallest absolute Gasteiger partial charge is 0.268 e. The van der Waals surface area contributed by atoms with Gasteiger partial charge in [-0.2, -0.15) is 0 Å². The molecule has 4 rings (SSSR count). The average Bonchev–Trinajstić information content (AvgIpc) is 3.26. The Bertz CT molecular complexity index is 969. The van der Waals surface area contributed by atoms with Gasteiger partial charge in [-0.1, -0.05) is 23.8 Å². The maximum Gasteiger partial charge on any atom is 0.268 e. The summed E-state index contributed by atoms with van der Waals surface area (Å²) in [7, 11) is 0. The van der Waals surface area contributed by atoms with E-state index in [1.807, 2.05) is 66.9 Å². The molecule has 0 bridgehead atoms. The summed E-state index contributed by atoms with van der Waals surface area (Å²) in [5.74, 6) is 1.92. The second-order valence-electron chi connectivity index (χ2n) is 6.90. The van der Waals surface area contributed by atoms with Crippen LogP contribution in [0.5, 0.6) is 17.2 Å². The summed E-state index contributed by atoms with van der Waals surface area (Å²) in [5.41, 5.74) is 1.90. The van der Waals surface area contributed by atoms with Crippen molar-refractivity contribution in [3.8, 4) is 17.2 Å². The molecule has 1 aromatic heterocycles. The fourth-order valence-corrected chi connectivity index (χ4v) is 3.84. The van der Waals surface area contributed by atoms with E-state index in [4.69, 9.17) is 14.2 Å². The van der Waals surface area contributed by atoms with Crippen LogP contribution in [-0.4, -0.2) is 25.2 Å². The van der Waals surface area contributed by atoms with Crippen molar-refractivity contribution in [2.24, 2.45) is 0 Å². The van der Waals surface area contributed by atoms with Crippen molar-refractivity contribution in [3.63, 3.8) is 0 Å². The molecule has 1 unspecified atom stereocenters. The van der Waals surface area contributed by atoms with E-state index in [0.29, 0.717) is 37.0 Å². The van der Waals surface area contributed by atoms with Crippen molar-refractivity contribution >= 4 is 22.9 Å². The summed E-state index contributed by atoms with van der Waals surface area (Å²) in [4.78, 5) is 16.2. The molecule has 1 atom stereocenters. The molecule has 0 saturated heterocycles. The number of hydrogen-bond acceptors (Lipinski definition) is 5. The van der Waals surface area contributed by atoms with Gasteiger partial charge in [-0.3, -0.25) is 4.79 Å². The van der Waals surface area contributed by atoms with E-state index in [1.165, 1.54) is 0 Å². The Kier molecular flexibility index (Phi) is 5.71. The van der Waals surface area contributed by atoms with Gasteiger partial charge in [-0.15, -0.1) is 11.3 Å².